The molecule has 12 nitrogen and oxygen atoms in total. The molecule has 6 unspecified atom stereocenters. The number of aliphatic hydroxyl groups is 3. The molecule has 6 atom stereocenters. The molecule has 0 bridgehead atoms. The van der Waals surface area contributed by atoms with Gasteiger partial charge < -0.3 is 34.3 Å². The van der Waals surface area contributed by atoms with Gasteiger partial charge in [-0.25, -0.2) is 4.18 Å². The molecule has 1 aliphatic rings. The summed E-state index contributed by atoms with van der Waals surface area (Å²) in [6.07, 6.45) is 42.2. The van der Waals surface area contributed by atoms with Crippen molar-refractivity contribution in [2.24, 2.45) is 0 Å². The highest BCUT2D eigenvalue weighted by atomic mass is 32.3. The van der Waals surface area contributed by atoms with Gasteiger partial charge in [0.15, 0.2) is 6.29 Å². The Kier molecular flexibility index (Phi) is 37.2. The van der Waals surface area contributed by atoms with Crippen molar-refractivity contribution in [2.75, 3.05) is 26.4 Å². The first-order valence-corrected chi connectivity index (χ1v) is 25.1. The van der Waals surface area contributed by atoms with Crippen LogP contribution in [0, 0.1) is 0 Å². The first-order valence-electron chi connectivity index (χ1n) is 23.7. The summed E-state index contributed by atoms with van der Waals surface area (Å²) in [5.74, 6) is -0.443. The van der Waals surface area contributed by atoms with Crippen LogP contribution in [0.5, 0.6) is 0 Å². The minimum absolute atomic E-state index is 0.0134. The Bertz CT molecular complexity index is 1360. The fourth-order valence-corrected chi connectivity index (χ4v) is 7.26. The molecule has 4 N–H and O–H groups in total. The number of hydrogen-bond acceptors (Lipinski definition) is 11. The fourth-order valence-electron chi connectivity index (χ4n) is 6.75. The molecule has 1 fully saturated rings. The second kappa shape index (κ2) is 40.1. The number of rotatable bonds is 40. The molecule has 1 heterocycles. The summed E-state index contributed by atoms with van der Waals surface area (Å²) in [5.41, 5.74) is 0. The van der Waals surface area contributed by atoms with Gasteiger partial charge in [0.1, 0.15) is 30.5 Å². The second-order valence-electron chi connectivity index (χ2n) is 16.0. The van der Waals surface area contributed by atoms with Gasteiger partial charge in [-0.3, -0.25) is 9.35 Å². The van der Waals surface area contributed by atoms with Gasteiger partial charge in [0, 0.05) is 13.0 Å². The summed E-state index contributed by atoms with van der Waals surface area (Å²) in [5, 5.41) is 30.7. The largest absolute Gasteiger partial charge is 0.457 e. The maximum absolute atomic E-state index is 12.8. The van der Waals surface area contributed by atoms with E-state index in [0.717, 1.165) is 64.2 Å². The van der Waals surface area contributed by atoms with Crippen LogP contribution < -0.4 is 0 Å². The van der Waals surface area contributed by atoms with Crippen molar-refractivity contribution in [3.63, 3.8) is 0 Å². The standard InChI is InChI=1S/C49H84O12S/c1-3-5-7-9-11-13-15-17-19-20-21-22-23-25-27-29-31-33-35-37-39-57-41-43(42-58-49-47(53)48(61-62(54,55)56)46(52)44(40-50)60-49)59-45(51)38-36-34-32-30-28-26-24-18-16-14-12-10-8-6-4-2/h6,8,11-14,17-19,24,28,30,43-44,46-50,52-53H,3-5,7,9-10,15-16,20-23,25-27,29,31-42H2,1-2H3,(H,54,55,56)/b8-6-,13-11-,14-12-,19-17-,24-18-,30-28-. The highest BCUT2D eigenvalue weighted by Crippen LogP contribution is 2.26. The van der Waals surface area contributed by atoms with Gasteiger partial charge in [0.25, 0.3) is 0 Å². The summed E-state index contributed by atoms with van der Waals surface area (Å²) < 4.78 is 59.1. The zero-order valence-electron chi connectivity index (χ0n) is 38.2. The van der Waals surface area contributed by atoms with E-state index in [2.05, 4.69) is 90.9 Å². The van der Waals surface area contributed by atoms with Crippen molar-refractivity contribution in [1.82, 2.24) is 0 Å². The van der Waals surface area contributed by atoms with Gasteiger partial charge in [-0.2, -0.15) is 8.42 Å². The molecule has 1 aliphatic heterocycles. The van der Waals surface area contributed by atoms with Crippen molar-refractivity contribution < 1.29 is 56.2 Å². The number of esters is 1. The molecule has 0 amide bonds. The fraction of sp³-hybridized carbons (Fsp3) is 0.735. The van der Waals surface area contributed by atoms with Crippen LogP contribution in [0.4, 0.5) is 0 Å². The molecule has 0 aliphatic carbocycles. The summed E-state index contributed by atoms with van der Waals surface area (Å²) in [6, 6.07) is 0. The molecule has 1 rings (SSSR count). The smallest absolute Gasteiger partial charge is 0.397 e. The maximum atomic E-state index is 12.8. The lowest BCUT2D eigenvalue weighted by molar-refractivity contribution is -0.301. The van der Waals surface area contributed by atoms with Crippen LogP contribution in [0.3, 0.4) is 0 Å². The number of unbranched alkanes of at least 4 members (excludes halogenated alkanes) is 15. The predicted octanol–water partition coefficient (Wildman–Crippen LogP) is 10.3. The number of allylic oxidation sites excluding steroid dienone is 12. The van der Waals surface area contributed by atoms with Gasteiger partial charge in [0.05, 0.1) is 19.8 Å². The Morgan fingerprint density at radius 1 is 0.629 bits per heavy atom. The first-order chi connectivity index (χ1) is 30.1. The molecule has 0 aromatic carbocycles. The van der Waals surface area contributed by atoms with Gasteiger partial charge in [-0.1, -0.05) is 151 Å². The third-order valence-corrected chi connectivity index (χ3v) is 10.8. The van der Waals surface area contributed by atoms with Crippen LogP contribution in [-0.2, 0) is 38.3 Å². The van der Waals surface area contributed by atoms with E-state index >= 15 is 0 Å². The van der Waals surface area contributed by atoms with Crippen LogP contribution >= 0.6 is 0 Å². The van der Waals surface area contributed by atoms with Gasteiger partial charge in [-0.05, 0) is 83.5 Å². The van der Waals surface area contributed by atoms with Crippen LogP contribution in [0.25, 0.3) is 0 Å². The average Bonchev–Trinajstić information content (AvgIpc) is 3.24. The Balaban J connectivity index is 2.42. The number of carbonyl (C=O) groups is 1. The Hall–Kier alpha value is -2.46. The Labute approximate surface area is 375 Å². The highest BCUT2D eigenvalue weighted by molar-refractivity contribution is 7.80. The lowest BCUT2D eigenvalue weighted by atomic mass is 9.99. The van der Waals surface area contributed by atoms with Crippen molar-refractivity contribution in [1.29, 1.82) is 0 Å². The average molecular weight is 897 g/mol. The van der Waals surface area contributed by atoms with Crippen LogP contribution in [0.15, 0.2) is 72.9 Å². The quantitative estimate of drug-likeness (QED) is 0.0198. The summed E-state index contributed by atoms with van der Waals surface area (Å²) in [4.78, 5) is 12.8. The van der Waals surface area contributed by atoms with Crippen molar-refractivity contribution in [3.8, 4) is 0 Å². The topological polar surface area (TPSA) is 178 Å². The first kappa shape index (κ1) is 57.6. The van der Waals surface area contributed by atoms with Gasteiger partial charge >= 0.3 is 16.4 Å². The number of carbonyl (C=O) groups excluding carboxylic acids is 1. The van der Waals surface area contributed by atoms with E-state index in [1.807, 2.05) is 0 Å². The van der Waals surface area contributed by atoms with Crippen molar-refractivity contribution in [3.05, 3.63) is 72.9 Å². The van der Waals surface area contributed by atoms with E-state index in [1.54, 1.807) is 0 Å². The van der Waals surface area contributed by atoms with Gasteiger partial charge in [-0.15, -0.1) is 0 Å². The summed E-state index contributed by atoms with van der Waals surface area (Å²) >= 11 is 0. The van der Waals surface area contributed by atoms with E-state index < -0.39 is 59.8 Å². The van der Waals surface area contributed by atoms with E-state index in [0.29, 0.717) is 13.0 Å². The SMILES string of the molecule is CC/C=C\C/C=C\C/C=C\C/C=C\CCCCC(=O)OC(COCCCCCCCCCCCC/C=C\C/C=C\CCCCC)COC1OC(CO)C(O)C(OS(=O)(=O)O)C1O. The third-order valence-electron chi connectivity index (χ3n) is 10.3. The molecular formula is C49H84O12S. The minimum Gasteiger partial charge on any atom is -0.457 e. The normalized spacial score (nSPS) is 20.6. The van der Waals surface area contributed by atoms with Crippen LogP contribution in [-0.4, -0.2) is 97.5 Å². The predicted molar refractivity (Wildman–Crippen MR) is 248 cm³/mol. The minimum atomic E-state index is -5.07. The zero-order valence-corrected chi connectivity index (χ0v) is 39.0. The molecule has 0 aromatic rings. The van der Waals surface area contributed by atoms with E-state index in [-0.39, 0.29) is 19.6 Å². The van der Waals surface area contributed by atoms with Crippen molar-refractivity contribution >= 4 is 16.4 Å². The number of hydrogen-bond donors (Lipinski definition) is 4. The van der Waals surface area contributed by atoms with Crippen LogP contribution in [0.1, 0.15) is 168 Å². The highest BCUT2D eigenvalue weighted by Gasteiger charge is 2.48. The molecule has 13 heteroatoms. The monoisotopic (exact) mass is 897 g/mol. The van der Waals surface area contributed by atoms with Crippen molar-refractivity contribution in [2.45, 2.75) is 205 Å². The maximum Gasteiger partial charge on any atom is 0.397 e. The summed E-state index contributed by atoms with van der Waals surface area (Å²) in [6.45, 7) is 3.78. The Morgan fingerprint density at radius 2 is 1.11 bits per heavy atom. The van der Waals surface area contributed by atoms with Crippen LogP contribution in [0.2, 0.25) is 0 Å². The molecule has 358 valence electrons. The summed E-state index contributed by atoms with van der Waals surface area (Å²) in [7, 11) is -5.07. The molecule has 0 saturated carbocycles. The molecule has 0 spiro atoms. The lowest BCUT2D eigenvalue weighted by Gasteiger charge is -2.41. The molecule has 0 aromatic heterocycles. The zero-order chi connectivity index (χ0) is 45.4. The van der Waals surface area contributed by atoms with E-state index in [9.17, 15) is 28.5 Å². The molecule has 1 saturated heterocycles. The van der Waals surface area contributed by atoms with Gasteiger partial charge in [0.2, 0.25) is 0 Å². The molecule has 0 radical (unpaired) electrons. The lowest BCUT2D eigenvalue weighted by Crippen LogP contribution is -2.60. The number of ether oxygens (including phenoxy) is 4. The molecule has 62 heavy (non-hydrogen) atoms. The van der Waals surface area contributed by atoms with E-state index in [1.165, 1.54) is 77.0 Å². The Morgan fingerprint density at radius 3 is 1.63 bits per heavy atom. The second-order valence-corrected chi connectivity index (χ2v) is 17.0. The number of aliphatic hydroxyl groups excluding tert-OH is 3. The third kappa shape index (κ3) is 33.1. The van der Waals surface area contributed by atoms with E-state index in [4.69, 9.17) is 23.5 Å². The molecular weight excluding hydrogens is 813 g/mol.